The quantitative estimate of drug-likeness (QED) is 0.787. The van der Waals surface area contributed by atoms with Gasteiger partial charge in [-0.15, -0.1) is 0 Å². The van der Waals surface area contributed by atoms with Crippen LogP contribution in [0, 0.1) is 6.92 Å². The highest BCUT2D eigenvalue weighted by molar-refractivity contribution is 5.75. The Bertz CT molecular complexity index is 536. The van der Waals surface area contributed by atoms with Gasteiger partial charge in [0.25, 0.3) is 0 Å². The van der Waals surface area contributed by atoms with Crippen molar-refractivity contribution in [2.45, 2.75) is 39.7 Å². The second-order valence-electron chi connectivity index (χ2n) is 4.31. The van der Waals surface area contributed by atoms with E-state index in [0.717, 1.165) is 24.0 Å². The minimum Gasteiger partial charge on any atom is -0.306 e. The molecule has 0 unspecified atom stereocenters. The zero-order chi connectivity index (χ0) is 11.5. The van der Waals surface area contributed by atoms with Gasteiger partial charge >= 0.3 is 5.69 Å². The highest BCUT2D eigenvalue weighted by Gasteiger charge is 2.05. The van der Waals surface area contributed by atoms with Crippen LogP contribution in [0.2, 0.25) is 0 Å². The molecule has 1 aromatic heterocycles. The summed E-state index contributed by atoms with van der Waals surface area (Å²) in [6.07, 6.45) is 3.42. The van der Waals surface area contributed by atoms with Crippen molar-refractivity contribution in [2.75, 3.05) is 0 Å². The Morgan fingerprint density at radius 1 is 1.31 bits per heavy atom. The number of rotatable bonds is 4. The van der Waals surface area contributed by atoms with E-state index in [1.807, 2.05) is 29.7 Å². The van der Waals surface area contributed by atoms with E-state index < -0.39 is 0 Å². The fourth-order valence-electron chi connectivity index (χ4n) is 2.02. The number of unbranched alkanes of at least 4 members (excludes halogenated alkanes) is 2. The van der Waals surface area contributed by atoms with E-state index >= 15 is 0 Å². The van der Waals surface area contributed by atoms with Gasteiger partial charge in [-0.1, -0.05) is 25.8 Å². The molecule has 2 aromatic rings. The number of hydrogen-bond acceptors (Lipinski definition) is 1. The van der Waals surface area contributed by atoms with Gasteiger partial charge < -0.3 is 4.98 Å². The molecule has 1 heterocycles. The smallest absolute Gasteiger partial charge is 0.306 e. The van der Waals surface area contributed by atoms with E-state index in [0.29, 0.717) is 0 Å². The predicted octanol–water partition coefficient (Wildman–Crippen LogP) is 2.83. The van der Waals surface area contributed by atoms with Gasteiger partial charge in [-0.05, 0) is 31.0 Å². The Morgan fingerprint density at radius 3 is 2.88 bits per heavy atom. The fourth-order valence-corrected chi connectivity index (χ4v) is 2.02. The third-order valence-electron chi connectivity index (χ3n) is 2.91. The molecule has 0 aliphatic rings. The molecular weight excluding hydrogens is 200 g/mol. The van der Waals surface area contributed by atoms with E-state index in [4.69, 9.17) is 0 Å². The maximum Gasteiger partial charge on any atom is 0.326 e. The summed E-state index contributed by atoms with van der Waals surface area (Å²) in [4.78, 5) is 14.7. The second kappa shape index (κ2) is 4.56. The molecule has 0 saturated carbocycles. The van der Waals surface area contributed by atoms with Crippen LogP contribution < -0.4 is 5.69 Å². The molecule has 2 rings (SSSR count). The van der Waals surface area contributed by atoms with Crippen molar-refractivity contribution in [3.8, 4) is 0 Å². The SMILES string of the molecule is CCCCCn1c(=O)[nH]c2cc(C)ccc21. The van der Waals surface area contributed by atoms with Gasteiger partial charge in [0.15, 0.2) is 0 Å². The van der Waals surface area contributed by atoms with E-state index in [-0.39, 0.29) is 5.69 Å². The van der Waals surface area contributed by atoms with Crippen molar-refractivity contribution in [3.05, 3.63) is 34.2 Å². The van der Waals surface area contributed by atoms with Crippen molar-refractivity contribution in [1.29, 1.82) is 0 Å². The van der Waals surface area contributed by atoms with Gasteiger partial charge in [-0.25, -0.2) is 4.79 Å². The van der Waals surface area contributed by atoms with Crippen LogP contribution in [0.3, 0.4) is 0 Å². The van der Waals surface area contributed by atoms with Crippen molar-refractivity contribution in [1.82, 2.24) is 9.55 Å². The molecule has 0 radical (unpaired) electrons. The van der Waals surface area contributed by atoms with E-state index in [1.165, 1.54) is 18.4 Å². The summed E-state index contributed by atoms with van der Waals surface area (Å²) >= 11 is 0. The lowest BCUT2D eigenvalue weighted by atomic mass is 10.2. The fraction of sp³-hybridized carbons (Fsp3) is 0.462. The third-order valence-corrected chi connectivity index (χ3v) is 2.91. The third kappa shape index (κ3) is 2.03. The van der Waals surface area contributed by atoms with Gasteiger partial charge in [0.2, 0.25) is 0 Å². The zero-order valence-electron chi connectivity index (χ0n) is 9.92. The normalized spacial score (nSPS) is 11.1. The van der Waals surface area contributed by atoms with Crippen LogP contribution in [0.25, 0.3) is 11.0 Å². The lowest BCUT2D eigenvalue weighted by Gasteiger charge is -2.02. The number of nitrogens with zero attached hydrogens (tertiary/aromatic N) is 1. The molecule has 0 saturated heterocycles. The van der Waals surface area contributed by atoms with Crippen LogP contribution in [0.1, 0.15) is 31.7 Å². The molecule has 0 fully saturated rings. The van der Waals surface area contributed by atoms with Crippen LogP contribution in [-0.2, 0) is 6.54 Å². The Morgan fingerprint density at radius 2 is 2.12 bits per heavy atom. The molecule has 3 heteroatoms. The monoisotopic (exact) mass is 218 g/mol. The molecule has 0 aliphatic carbocycles. The Balaban J connectivity index is 2.36. The van der Waals surface area contributed by atoms with Crippen molar-refractivity contribution in [3.63, 3.8) is 0 Å². The van der Waals surface area contributed by atoms with Crippen molar-refractivity contribution < 1.29 is 0 Å². The van der Waals surface area contributed by atoms with Gasteiger partial charge in [0.1, 0.15) is 0 Å². The lowest BCUT2D eigenvalue weighted by molar-refractivity contribution is 0.601. The summed E-state index contributed by atoms with van der Waals surface area (Å²) in [5, 5.41) is 0. The number of imidazole rings is 1. The minimum atomic E-state index is 0.0108. The highest BCUT2D eigenvalue weighted by atomic mass is 16.1. The van der Waals surface area contributed by atoms with E-state index in [1.54, 1.807) is 0 Å². The van der Waals surface area contributed by atoms with Gasteiger partial charge in [-0.3, -0.25) is 4.57 Å². The number of aryl methyl sites for hydroxylation is 2. The number of benzene rings is 1. The molecule has 1 aromatic carbocycles. The van der Waals surface area contributed by atoms with Gasteiger partial charge in [-0.2, -0.15) is 0 Å². The summed E-state index contributed by atoms with van der Waals surface area (Å²) < 4.78 is 1.84. The number of H-pyrrole nitrogens is 1. The first-order chi connectivity index (χ1) is 7.72. The topological polar surface area (TPSA) is 37.8 Å². The molecule has 16 heavy (non-hydrogen) atoms. The lowest BCUT2D eigenvalue weighted by Crippen LogP contribution is -2.16. The van der Waals surface area contributed by atoms with Gasteiger partial charge in [0, 0.05) is 6.54 Å². The number of nitrogens with one attached hydrogen (secondary N) is 1. The average Bonchev–Trinajstić information content (AvgIpc) is 2.55. The Hall–Kier alpha value is -1.51. The number of aromatic nitrogens is 2. The molecular formula is C13H18N2O. The number of aromatic amines is 1. The van der Waals surface area contributed by atoms with E-state index in [9.17, 15) is 4.79 Å². The second-order valence-corrected chi connectivity index (χ2v) is 4.31. The highest BCUT2D eigenvalue weighted by Crippen LogP contribution is 2.12. The minimum absolute atomic E-state index is 0.0108. The summed E-state index contributed by atoms with van der Waals surface area (Å²) in [5.41, 5.74) is 3.15. The first-order valence-corrected chi connectivity index (χ1v) is 5.91. The van der Waals surface area contributed by atoms with E-state index in [2.05, 4.69) is 11.9 Å². The molecule has 0 bridgehead atoms. The summed E-state index contributed by atoms with van der Waals surface area (Å²) in [5.74, 6) is 0. The number of hydrogen-bond donors (Lipinski definition) is 1. The maximum absolute atomic E-state index is 11.8. The first-order valence-electron chi connectivity index (χ1n) is 5.91. The predicted molar refractivity (Wildman–Crippen MR) is 66.8 cm³/mol. The van der Waals surface area contributed by atoms with Crippen LogP contribution in [0.15, 0.2) is 23.0 Å². The Labute approximate surface area is 95.1 Å². The summed E-state index contributed by atoms with van der Waals surface area (Å²) in [6, 6.07) is 6.09. The molecule has 0 atom stereocenters. The molecule has 0 amide bonds. The first kappa shape index (κ1) is 11.0. The largest absolute Gasteiger partial charge is 0.326 e. The maximum atomic E-state index is 11.8. The number of fused-ring (bicyclic) bond motifs is 1. The van der Waals surface area contributed by atoms with Crippen LogP contribution in [0.5, 0.6) is 0 Å². The average molecular weight is 218 g/mol. The molecule has 0 aliphatic heterocycles. The van der Waals surface area contributed by atoms with Crippen molar-refractivity contribution >= 4 is 11.0 Å². The van der Waals surface area contributed by atoms with Crippen molar-refractivity contribution in [2.24, 2.45) is 0 Å². The van der Waals surface area contributed by atoms with Crippen LogP contribution in [0.4, 0.5) is 0 Å². The summed E-state index contributed by atoms with van der Waals surface area (Å²) in [6.45, 7) is 5.02. The van der Waals surface area contributed by atoms with Crippen LogP contribution >= 0.6 is 0 Å². The molecule has 0 spiro atoms. The summed E-state index contributed by atoms with van der Waals surface area (Å²) in [7, 11) is 0. The molecule has 1 N–H and O–H groups in total. The van der Waals surface area contributed by atoms with Crippen LogP contribution in [-0.4, -0.2) is 9.55 Å². The zero-order valence-corrected chi connectivity index (χ0v) is 9.92. The molecule has 3 nitrogen and oxygen atoms in total. The Kier molecular flexibility index (Phi) is 3.13. The standard InChI is InChI=1S/C13H18N2O/c1-3-4-5-8-15-12-7-6-10(2)9-11(12)14-13(15)16/h6-7,9H,3-5,8H2,1-2H3,(H,14,16). The molecule has 86 valence electrons. The van der Waals surface area contributed by atoms with Gasteiger partial charge in [0.05, 0.1) is 11.0 Å².